The molecule has 1 saturated heterocycles. The number of nitrogens with zero attached hydrogens (tertiary/aromatic N) is 1. The monoisotopic (exact) mass is 523 g/mol. The summed E-state index contributed by atoms with van der Waals surface area (Å²) in [6, 6.07) is 22.3. The zero-order chi connectivity index (χ0) is 26.6. The van der Waals surface area contributed by atoms with Gasteiger partial charge < -0.3 is 19.3 Å². The van der Waals surface area contributed by atoms with Crippen molar-refractivity contribution in [3.05, 3.63) is 83.4 Å². The molecule has 6 unspecified atom stereocenters. The van der Waals surface area contributed by atoms with Crippen molar-refractivity contribution >= 4 is 11.9 Å². The minimum Gasteiger partial charge on any atom is -0.477 e. The number of piperidine rings is 1. The molecule has 2 aliphatic heterocycles. The van der Waals surface area contributed by atoms with Crippen LogP contribution in [0.15, 0.2) is 66.7 Å². The number of fused-ring (bicyclic) bond motifs is 1. The summed E-state index contributed by atoms with van der Waals surface area (Å²) in [6.07, 6.45) is 1.29. The lowest BCUT2D eigenvalue weighted by molar-refractivity contribution is -0.148. The first-order chi connectivity index (χ1) is 18.9. The van der Waals surface area contributed by atoms with Gasteiger partial charge >= 0.3 is 6.16 Å². The Morgan fingerprint density at radius 1 is 1.08 bits per heavy atom. The van der Waals surface area contributed by atoms with E-state index in [2.05, 4.69) is 41.3 Å². The Balaban J connectivity index is 0.948. The molecule has 2 heterocycles. The summed E-state index contributed by atoms with van der Waals surface area (Å²) >= 11 is 0. The molecule has 7 heteroatoms. The van der Waals surface area contributed by atoms with Crippen LogP contribution in [0.5, 0.6) is 11.5 Å². The summed E-state index contributed by atoms with van der Waals surface area (Å²) in [4.78, 5) is 27.8. The first-order valence-corrected chi connectivity index (χ1v) is 13.7. The average Bonchev–Trinajstić information content (AvgIpc) is 3.20. The SMILES string of the molecule is CN1C2C13CC14c5c3ccc(OC(=O)OCCCc3ccc(-c6ccccc6)cc3)c5OC1C(=O)CCC24O. The minimum atomic E-state index is -1.02. The summed E-state index contributed by atoms with van der Waals surface area (Å²) in [5.74, 6) is 0.670. The molecule has 0 amide bonds. The van der Waals surface area contributed by atoms with Crippen LogP contribution in [0.2, 0.25) is 0 Å². The number of hydrogen-bond acceptors (Lipinski definition) is 7. The highest BCUT2D eigenvalue weighted by Gasteiger charge is 2.91. The van der Waals surface area contributed by atoms with E-state index in [0.717, 1.165) is 17.5 Å². The summed E-state index contributed by atoms with van der Waals surface area (Å²) < 4.78 is 17.2. The first-order valence-electron chi connectivity index (χ1n) is 13.7. The van der Waals surface area contributed by atoms with E-state index in [9.17, 15) is 14.7 Å². The van der Waals surface area contributed by atoms with Gasteiger partial charge in [-0.3, -0.25) is 9.69 Å². The fourth-order valence-electron chi connectivity index (χ4n) is 8.39. The molecule has 3 aromatic carbocycles. The van der Waals surface area contributed by atoms with Gasteiger partial charge in [0.15, 0.2) is 23.4 Å². The lowest BCUT2D eigenvalue weighted by Gasteiger charge is -2.47. The van der Waals surface area contributed by atoms with Crippen molar-refractivity contribution in [1.82, 2.24) is 4.90 Å². The van der Waals surface area contributed by atoms with E-state index >= 15 is 0 Å². The van der Waals surface area contributed by atoms with Gasteiger partial charge in [-0.1, -0.05) is 60.7 Å². The van der Waals surface area contributed by atoms with Crippen LogP contribution in [-0.2, 0) is 26.9 Å². The Hall–Kier alpha value is -3.68. The maximum absolute atomic E-state index is 13.0. The molecule has 2 bridgehead atoms. The third-order valence-electron chi connectivity index (χ3n) is 10.0. The van der Waals surface area contributed by atoms with Crippen molar-refractivity contribution in [1.29, 1.82) is 0 Å². The Labute approximate surface area is 226 Å². The highest BCUT2D eigenvalue weighted by Crippen LogP contribution is 2.81. The molecule has 6 atom stereocenters. The summed E-state index contributed by atoms with van der Waals surface area (Å²) in [5, 5.41) is 11.9. The van der Waals surface area contributed by atoms with Gasteiger partial charge in [-0.15, -0.1) is 0 Å². The molecule has 198 valence electrons. The number of carbonyl (C=O) groups excluding carboxylic acids is 2. The molecule has 5 aliphatic rings. The van der Waals surface area contributed by atoms with Gasteiger partial charge in [-0.2, -0.15) is 0 Å². The van der Waals surface area contributed by atoms with Gasteiger partial charge in [0.05, 0.1) is 29.2 Å². The van der Waals surface area contributed by atoms with Crippen LogP contribution in [-0.4, -0.2) is 53.3 Å². The Morgan fingerprint density at radius 2 is 1.85 bits per heavy atom. The Bertz CT molecular complexity index is 1540. The van der Waals surface area contributed by atoms with Crippen LogP contribution in [0, 0.1) is 0 Å². The molecular weight excluding hydrogens is 494 g/mol. The van der Waals surface area contributed by atoms with Crippen molar-refractivity contribution in [2.45, 2.75) is 60.8 Å². The molecule has 3 aliphatic carbocycles. The number of likely N-dealkylation sites (tertiary alicyclic amines) is 1. The molecule has 0 radical (unpaired) electrons. The Morgan fingerprint density at radius 3 is 2.64 bits per heavy atom. The fraction of sp³-hybridized carbons (Fsp3) is 0.375. The van der Waals surface area contributed by atoms with Crippen LogP contribution in [0.4, 0.5) is 4.79 Å². The van der Waals surface area contributed by atoms with Crippen LogP contribution in [0.25, 0.3) is 11.1 Å². The number of carbonyl (C=O) groups is 2. The molecule has 0 aromatic heterocycles. The van der Waals surface area contributed by atoms with E-state index in [4.69, 9.17) is 14.2 Å². The van der Waals surface area contributed by atoms with E-state index < -0.39 is 23.3 Å². The fourth-order valence-corrected chi connectivity index (χ4v) is 8.39. The smallest absolute Gasteiger partial charge is 0.477 e. The first kappa shape index (κ1) is 23.2. The molecule has 2 saturated carbocycles. The number of aliphatic hydroxyl groups is 1. The third-order valence-corrected chi connectivity index (χ3v) is 10.0. The van der Waals surface area contributed by atoms with Gasteiger partial charge in [0.2, 0.25) is 0 Å². The number of likely N-dealkylation sites (N-methyl/N-ethyl adjacent to an activating group) is 1. The number of hydrogen-bond donors (Lipinski definition) is 1. The molecular formula is C32H29NO6. The summed E-state index contributed by atoms with van der Waals surface area (Å²) in [5.41, 5.74) is 3.42. The van der Waals surface area contributed by atoms with Crippen molar-refractivity contribution in [3.8, 4) is 22.6 Å². The van der Waals surface area contributed by atoms with Crippen molar-refractivity contribution in [3.63, 3.8) is 0 Å². The topological polar surface area (TPSA) is 85.1 Å². The summed E-state index contributed by atoms with van der Waals surface area (Å²) in [7, 11) is 2.04. The number of aryl methyl sites for hydroxylation is 1. The normalized spacial score (nSPS) is 33.8. The molecule has 8 rings (SSSR count). The van der Waals surface area contributed by atoms with Crippen molar-refractivity contribution in [2.75, 3.05) is 13.7 Å². The van der Waals surface area contributed by atoms with E-state index in [1.807, 2.05) is 31.3 Å². The van der Waals surface area contributed by atoms with Crippen LogP contribution in [0.1, 0.15) is 42.4 Å². The number of rotatable bonds is 6. The van der Waals surface area contributed by atoms with Gasteiger partial charge in [0, 0.05) is 12.0 Å². The van der Waals surface area contributed by atoms with Crippen LogP contribution < -0.4 is 9.47 Å². The molecule has 3 aromatic rings. The zero-order valence-electron chi connectivity index (χ0n) is 21.7. The van der Waals surface area contributed by atoms with E-state index in [0.29, 0.717) is 31.4 Å². The number of ketones is 1. The standard InChI is InChI=1S/C32H29NO6/c1-33-28-31(33)18-30-25-22(31)13-14-24(26(25)39-27(30)23(34)15-16-32(28,30)36)38-29(35)37-17-5-6-19-9-11-21(12-10-19)20-7-3-2-4-8-20/h2-4,7-14,27-28,36H,5-6,15-18H2,1H3. The highest BCUT2D eigenvalue weighted by atomic mass is 16.7. The van der Waals surface area contributed by atoms with E-state index in [-0.39, 0.29) is 29.7 Å². The maximum Gasteiger partial charge on any atom is 0.513 e. The maximum atomic E-state index is 13.0. The molecule has 3 fully saturated rings. The average molecular weight is 524 g/mol. The third kappa shape index (κ3) is 2.79. The lowest BCUT2D eigenvalue weighted by Crippen LogP contribution is -2.64. The van der Waals surface area contributed by atoms with E-state index in [1.165, 1.54) is 16.7 Å². The quantitative estimate of drug-likeness (QED) is 0.220. The number of benzene rings is 3. The minimum absolute atomic E-state index is 0.00562. The van der Waals surface area contributed by atoms with Gasteiger partial charge in [0.1, 0.15) is 0 Å². The lowest BCUT2D eigenvalue weighted by atomic mass is 9.59. The molecule has 7 nitrogen and oxygen atoms in total. The van der Waals surface area contributed by atoms with Gasteiger partial charge in [0.25, 0.3) is 0 Å². The van der Waals surface area contributed by atoms with Crippen molar-refractivity contribution in [2.24, 2.45) is 0 Å². The zero-order valence-corrected chi connectivity index (χ0v) is 21.7. The highest BCUT2D eigenvalue weighted by molar-refractivity contribution is 5.92. The number of Topliss-reactive ketones (excluding diaryl/α,β-unsaturated/α-hetero) is 1. The van der Waals surface area contributed by atoms with Crippen LogP contribution in [0.3, 0.4) is 0 Å². The van der Waals surface area contributed by atoms with Gasteiger partial charge in [-0.05, 0) is 61.1 Å². The molecule has 39 heavy (non-hydrogen) atoms. The number of ether oxygens (including phenoxy) is 3. The molecule has 1 N–H and O–H groups in total. The van der Waals surface area contributed by atoms with Gasteiger partial charge in [-0.25, -0.2) is 4.79 Å². The van der Waals surface area contributed by atoms with Crippen LogP contribution >= 0.6 is 0 Å². The second-order valence-electron chi connectivity index (χ2n) is 11.7. The second kappa shape index (κ2) is 7.71. The summed E-state index contributed by atoms with van der Waals surface area (Å²) in [6.45, 7) is 0.223. The largest absolute Gasteiger partial charge is 0.513 e. The van der Waals surface area contributed by atoms with Crippen molar-refractivity contribution < 1.29 is 28.9 Å². The predicted octanol–water partition coefficient (Wildman–Crippen LogP) is 4.52. The Kier molecular flexibility index (Phi) is 4.59. The second-order valence-corrected chi connectivity index (χ2v) is 11.7. The predicted molar refractivity (Wildman–Crippen MR) is 142 cm³/mol. The van der Waals surface area contributed by atoms with E-state index in [1.54, 1.807) is 6.07 Å². The molecule has 2 spiro atoms.